The van der Waals surface area contributed by atoms with E-state index in [-0.39, 0.29) is 18.4 Å². The molecule has 8 nitrogen and oxygen atoms in total. The number of rotatable bonds is 3. The molecule has 8 heteroatoms. The Hall–Kier alpha value is -2.90. The third-order valence-corrected chi connectivity index (χ3v) is 6.32. The van der Waals surface area contributed by atoms with Crippen molar-refractivity contribution in [2.75, 3.05) is 13.1 Å². The largest absolute Gasteiger partial charge is 0.481 e. The van der Waals surface area contributed by atoms with Gasteiger partial charge in [-0.3, -0.25) is 19.7 Å². The zero-order valence-corrected chi connectivity index (χ0v) is 14.9. The number of hydrogen-bond donors (Lipinski definition) is 3. The molecule has 3 aliphatic rings. The maximum Gasteiger partial charge on any atom is 0.322 e. The minimum absolute atomic E-state index is 0.0143. The van der Waals surface area contributed by atoms with Crippen LogP contribution in [0.3, 0.4) is 0 Å². The number of carbonyl (C=O) groups is 4. The number of urea groups is 1. The maximum absolute atomic E-state index is 13.0. The predicted octanol–water partition coefficient (Wildman–Crippen LogP) is 1.07. The van der Waals surface area contributed by atoms with E-state index in [1.54, 1.807) is 36.1 Å². The number of hydrogen-bond acceptors (Lipinski definition) is 4. The first-order valence-electron chi connectivity index (χ1n) is 9.03. The van der Waals surface area contributed by atoms with Gasteiger partial charge in [0.1, 0.15) is 5.54 Å². The van der Waals surface area contributed by atoms with E-state index < -0.39 is 28.9 Å². The van der Waals surface area contributed by atoms with Gasteiger partial charge in [-0.2, -0.15) is 0 Å². The molecule has 2 heterocycles. The van der Waals surface area contributed by atoms with Gasteiger partial charge in [0.15, 0.2) is 0 Å². The number of likely N-dealkylation sites (tertiary alicyclic amines) is 1. The molecule has 27 heavy (non-hydrogen) atoms. The molecule has 4 rings (SSSR count). The van der Waals surface area contributed by atoms with Crippen molar-refractivity contribution in [3.05, 3.63) is 35.4 Å². The van der Waals surface area contributed by atoms with E-state index in [0.29, 0.717) is 24.1 Å². The molecule has 1 unspecified atom stereocenters. The van der Waals surface area contributed by atoms with Crippen molar-refractivity contribution in [2.45, 2.75) is 31.7 Å². The van der Waals surface area contributed by atoms with Crippen LogP contribution in [0.2, 0.25) is 0 Å². The average molecular weight is 371 g/mol. The first-order chi connectivity index (χ1) is 12.8. The highest BCUT2D eigenvalue weighted by Gasteiger charge is 2.56. The minimum atomic E-state index is -1.24. The standard InChI is InChI=1S/C19H21N3O5/c1-18(15(24)20-17(27)21-18)12-5-2-4-11(8-12)14(23)22-9-13-6-3-7-19(13,10-22)16(25)26/h2,4-5,8,13H,3,6-7,9-10H2,1H3,(H,25,26)(H2,20,21,24,27)/t13-,18?,19+/m0/s1. The summed E-state index contributed by atoms with van der Waals surface area (Å²) in [5, 5.41) is 14.5. The van der Waals surface area contributed by atoms with Crippen LogP contribution in [-0.4, -0.2) is 46.9 Å². The van der Waals surface area contributed by atoms with Crippen LogP contribution in [0.5, 0.6) is 0 Å². The van der Waals surface area contributed by atoms with Crippen LogP contribution in [0.15, 0.2) is 24.3 Å². The third kappa shape index (κ3) is 2.50. The van der Waals surface area contributed by atoms with Crippen LogP contribution in [0, 0.1) is 11.3 Å². The van der Waals surface area contributed by atoms with Crippen molar-refractivity contribution in [1.29, 1.82) is 0 Å². The molecule has 0 radical (unpaired) electrons. The minimum Gasteiger partial charge on any atom is -0.481 e. The summed E-state index contributed by atoms with van der Waals surface area (Å²) < 4.78 is 0. The van der Waals surface area contributed by atoms with Gasteiger partial charge in [0.25, 0.3) is 11.8 Å². The highest BCUT2D eigenvalue weighted by molar-refractivity contribution is 6.07. The number of aliphatic carboxylic acids is 1. The molecular weight excluding hydrogens is 350 g/mol. The van der Waals surface area contributed by atoms with Crippen LogP contribution in [0.4, 0.5) is 4.79 Å². The topological polar surface area (TPSA) is 116 Å². The summed E-state index contributed by atoms with van der Waals surface area (Å²) in [6.45, 7) is 2.23. The second-order valence-corrected chi connectivity index (χ2v) is 7.85. The second-order valence-electron chi connectivity index (χ2n) is 7.85. The Labute approximate surface area is 155 Å². The lowest BCUT2D eigenvalue weighted by molar-refractivity contribution is -0.149. The van der Waals surface area contributed by atoms with E-state index in [4.69, 9.17) is 0 Å². The molecule has 1 aliphatic carbocycles. The van der Waals surface area contributed by atoms with E-state index in [2.05, 4.69) is 10.6 Å². The van der Waals surface area contributed by atoms with Crippen molar-refractivity contribution in [2.24, 2.45) is 11.3 Å². The number of nitrogens with one attached hydrogen (secondary N) is 2. The van der Waals surface area contributed by atoms with Gasteiger partial charge in [0, 0.05) is 18.7 Å². The molecule has 2 saturated heterocycles. The van der Waals surface area contributed by atoms with Crippen molar-refractivity contribution < 1.29 is 24.3 Å². The van der Waals surface area contributed by atoms with E-state index in [1.807, 2.05) is 0 Å². The fourth-order valence-electron chi connectivity index (χ4n) is 4.69. The van der Waals surface area contributed by atoms with Crippen LogP contribution in [0.1, 0.15) is 42.1 Å². The van der Waals surface area contributed by atoms with Gasteiger partial charge in [-0.05, 0) is 43.4 Å². The molecule has 3 N–H and O–H groups in total. The molecular formula is C19H21N3O5. The summed E-state index contributed by atoms with van der Waals surface area (Å²) in [5.74, 6) is -1.57. The van der Waals surface area contributed by atoms with E-state index in [1.165, 1.54) is 0 Å². The fourth-order valence-corrected chi connectivity index (χ4v) is 4.69. The van der Waals surface area contributed by atoms with Crippen molar-refractivity contribution in [3.8, 4) is 0 Å². The zero-order valence-electron chi connectivity index (χ0n) is 14.9. The first kappa shape index (κ1) is 17.5. The SMILES string of the molecule is CC1(c2cccc(C(=O)N3C[C@@H]4CCC[C@@]4(C(=O)O)C3)c2)NC(=O)NC1=O. The number of fused-ring (bicyclic) bond motifs is 1. The maximum atomic E-state index is 13.0. The zero-order chi connectivity index (χ0) is 19.4. The monoisotopic (exact) mass is 371 g/mol. The van der Waals surface area contributed by atoms with Crippen LogP contribution < -0.4 is 10.6 Å². The van der Waals surface area contributed by atoms with E-state index >= 15 is 0 Å². The number of benzene rings is 1. The quantitative estimate of drug-likeness (QED) is 0.688. The van der Waals surface area contributed by atoms with Crippen molar-refractivity contribution >= 4 is 23.8 Å². The van der Waals surface area contributed by atoms with Gasteiger partial charge >= 0.3 is 12.0 Å². The summed E-state index contributed by atoms with van der Waals surface area (Å²) in [7, 11) is 0. The number of amides is 4. The van der Waals surface area contributed by atoms with Crippen LogP contribution in [0.25, 0.3) is 0 Å². The Bertz CT molecular complexity index is 869. The number of carboxylic acids is 1. The highest BCUT2D eigenvalue weighted by atomic mass is 16.4. The number of imide groups is 1. The van der Waals surface area contributed by atoms with Crippen LogP contribution >= 0.6 is 0 Å². The Morgan fingerprint density at radius 3 is 2.70 bits per heavy atom. The molecule has 0 spiro atoms. The Morgan fingerprint density at radius 2 is 2.07 bits per heavy atom. The third-order valence-electron chi connectivity index (χ3n) is 6.32. The lowest BCUT2D eigenvalue weighted by Gasteiger charge is -2.24. The molecule has 142 valence electrons. The highest BCUT2D eigenvalue weighted by Crippen LogP contribution is 2.49. The van der Waals surface area contributed by atoms with Gasteiger partial charge < -0.3 is 15.3 Å². The first-order valence-corrected chi connectivity index (χ1v) is 9.03. The summed E-state index contributed by atoms with van der Waals surface area (Å²) in [4.78, 5) is 50.1. The Morgan fingerprint density at radius 1 is 1.30 bits per heavy atom. The molecule has 2 aliphatic heterocycles. The normalized spacial score (nSPS) is 32.2. The van der Waals surface area contributed by atoms with Crippen LogP contribution in [-0.2, 0) is 15.1 Å². The van der Waals surface area contributed by atoms with Gasteiger partial charge in [-0.15, -0.1) is 0 Å². The van der Waals surface area contributed by atoms with Gasteiger partial charge in [0.05, 0.1) is 5.41 Å². The predicted molar refractivity (Wildman–Crippen MR) is 93.8 cm³/mol. The molecule has 0 bridgehead atoms. The molecule has 1 saturated carbocycles. The summed E-state index contributed by atoms with van der Waals surface area (Å²) >= 11 is 0. The molecule has 4 amide bonds. The Balaban J connectivity index is 1.60. The molecule has 1 aromatic carbocycles. The van der Waals surface area contributed by atoms with Gasteiger partial charge in [0.2, 0.25) is 0 Å². The fraction of sp³-hybridized carbons (Fsp3) is 0.474. The number of nitrogens with zero attached hydrogens (tertiary/aromatic N) is 1. The lowest BCUT2D eigenvalue weighted by Crippen LogP contribution is -2.41. The van der Waals surface area contributed by atoms with Crippen molar-refractivity contribution in [1.82, 2.24) is 15.5 Å². The Kier molecular flexibility index (Phi) is 3.76. The lowest BCUT2D eigenvalue weighted by atomic mass is 9.81. The van der Waals surface area contributed by atoms with E-state index in [9.17, 15) is 24.3 Å². The molecule has 0 aromatic heterocycles. The number of carbonyl (C=O) groups excluding carboxylic acids is 3. The van der Waals surface area contributed by atoms with Crippen molar-refractivity contribution in [3.63, 3.8) is 0 Å². The van der Waals surface area contributed by atoms with Gasteiger partial charge in [-0.1, -0.05) is 18.6 Å². The average Bonchev–Trinajstić information content (AvgIpc) is 3.26. The summed E-state index contributed by atoms with van der Waals surface area (Å²) in [6.07, 6.45) is 2.29. The smallest absolute Gasteiger partial charge is 0.322 e. The van der Waals surface area contributed by atoms with E-state index in [0.717, 1.165) is 12.8 Å². The summed E-state index contributed by atoms with van der Waals surface area (Å²) in [5.41, 5.74) is -1.19. The van der Waals surface area contributed by atoms with Gasteiger partial charge in [-0.25, -0.2) is 4.79 Å². The molecule has 3 atom stereocenters. The number of carboxylic acid groups (broad SMARTS) is 1. The summed E-state index contributed by atoms with van der Waals surface area (Å²) in [6, 6.07) is 6.00. The second kappa shape index (κ2) is 5.80. The molecule has 1 aromatic rings. The molecule has 3 fully saturated rings.